The highest BCUT2D eigenvalue weighted by molar-refractivity contribution is 7.92. The summed E-state index contributed by atoms with van der Waals surface area (Å²) in [4.78, 5) is 27.8. The van der Waals surface area contributed by atoms with Gasteiger partial charge in [-0.1, -0.05) is 67.4 Å². The minimum absolute atomic E-state index is 0.180. The first-order valence-electron chi connectivity index (χ1n) is 11.1. The fourth-order valence-corrected chi connectivity index (χ4v) is 4.91. The van der Waals surface area contributed by atoms with Crippen molar-refractivity contribution in [3.8, 4) is 0 Å². The van der Waals surface area contributed by atoms with Crippen LogP contribution in [-0.2, 0) is 26.0 Å². The maximum Gasteiger partial charge on any atom is 0.244 e. The maximum absolute atomic E-state index is 13.5. The summed E-state index contributed by atoms with van der Waals surface area (Å²) in [5.41, 5.74) is 1.19. The van der Waals surface area contributed by atoms with Crippen LogP contribution in [0.5, 0.6) is 0 Å². The van der Waals surface area contributed by atoms with Gasteiger partial charge in [0.15, 0.2) is 0 Å². The smallest absolute Gasteiger partial charge is 0.244 e. The standard InChI is InChI=1S/C24H31Cl2N3O4S/c1-4-12-27-24(31)22(5-2)28(13-11-18-9-7-6-8-10-18)23(30)17-29(34(3,32)33)21-15-19(25)14-20(26)16-21/h6-10,14-16,22H,4-5,11-13,17H2,1-3H3,(H,27,31)/t22-/m0/s1. The van der Waals surface area contributed by atoms with E-state index in [0.717, 1.165) is 22.5 Å². The van der Waals surface area contributed by atoms with Crippen LogP contribution < -0.4 is 9.62 Å². The summed E-state index contributed by atoms with van der Waals surface area (Å²) in [6.45, 7) is 4.03. The molecule has 1 atom stereocenters. The molecule has 0 heterocycles. The van der Waals surface area contributed by atoms with Crippen LogP contribution >= 0.6 is 23.2 Å². The van der Waals surface area contributed by atoms with E-state index in [2.05, 4.69) is 5.32 Å². The van der Waals surface area contributed by atoms with Gasteiger partial charge < -0.3 is 10.2 Å². The average Bonchev–Trinajstić information content (AvgIpc) is 2.77. The normalized spacial score (nSPS) is 12.1. The van der Waals surface area contributed by atoms with Gasteiger partial charge in [0.1, 0.15) is 12.6 Å². The molecule has 0 bridgehead atoms. The molecule has 0 aliphatic carbocycles. The molecule has 0 aliphatic rings. The largest absolute Gasteiger partial charge is 0.354 e. The van der Waals surface area contributed by atoms with Crippen molar-refractivity contribution in [3.63, 3.8) is 0 Å². The van der Waals surface area contributed by atoms with Crippen LogP contribution in [0.4, 0.5) is 5.69 Å². The first-order valence-corrected chi connectivity index (χ1v) is 13.7. The Bertz CT molecular complexity index is 1060. The lowest BCUT2D eigenvalue weighted by Crippen LogP contribution is -2.53. The number of amides is 2. The molecule has 0 fully saturated rings. The number of halogens is 2. The Balaban J connectivity index is 2.37. The summed E-state index contributed by atoms with van der Waals surface area (Å²) in [5.74, 6) is -0.751. The van der Waals surface area contributed by atoms with Crippen molar-refractivity contribution in [3.05, 3.63) is 64.1 Å². The Morgan fingerprint density at radius 3 is 2.18 bits per heavy atom. The van der Waals surface area contributed by atoms with Gasteiger partial charge in [-0.15, -0.1) is 0 Å². The van der Waals surface area contributed by atoms with Crippen molar-refractivity contribution in [1.82, 2.24) is 10.2 Å². The number of nitrogens with one attached hydrogen (secondary N) is 1. The predicted octanol–water partition coefficient (Wildman–Crippen LogP) is 4.14. The van der Waals surface area contributed by atoms with E-state index in [1.807, 2.05) is 44.2 Å². The molecule has 0 spiro atoms. The number of carbonyl (C=O) groups excluding carboxylic acids is 2. The number of carbonyl (C=O) groups is 2. The van der Waals surface area contributed by atoms with Gasteiger partial charge in [0.25, 0.3) is 0 Å². The lowest BCUT2D eigenvalue weighted by atomic mass is 10.1. The zero-order chi connectivity index (χ0) is 25.3. The molecule has 0 saturated heterocycles. The highest BCUT2D eigenvalue weighted by Gasteiger charge is 2.31. The SMILES string of the molecule is CCCNC(=O)[C@H](CC)N(CCc1ccccc1)C(=O)CN(c1cc(Cl)cc(Cl)c1)S(C)(=O)=O. The van der Waals surface area contributed by atoms with E-state index in [1.165, 1.54) is 23.1 Å². The summed E-state index contributed by atoms with van der Waals surface area (Å²) < 4.78 is 26.2. The fourth-order valence-electron chi connectivity index (χ4n) is 3.56. The molecule has 0 aromatic heterocycles. The Labute approximate surface area is 212 Å². The van der Waals surface area contributed by atoms with E-state index in [0.29, 0.717) is 19.4 Å². The topological polar surface area (TPSA) is 86.8 Å². The lowest BCUT2D eigenvalue weighted by Gasteiger charge is -2.33. The molecule has 10 heteroatoms. The van der Waals surface area contributed by atoms with E-state index in [9.17, 15) is 18.0 Å². The zero-order valence-electron chi connectivity index (χ0n) is 19.6. The van der Waals surface area contributed by atoms with Crippen LogP contribution in [-0.4, -0.2) is 57.1 Å². The summed E-state index contributed by atoms with van der Waals surface area (Å²) in [6.07, 6.45) is 2.68. The minimum Gasteiger partial charge on any atom is -0.354 e. The number of rotatable bonds is 12. The third-order valence-electron chi connectivity index (χ3n) is 5.23. The Kier molecular flexibility index (Phi) is 10.7. The summed E-state index contributed by atoms with van der Waals surface area (Å²) in [7, 11) is -3.85. The number of sulfonamides is 1. The quantitative estimate of drug-likeness (QED) is 0.449. The fraction of sp³-hybridized carbons (Fsp3) is 0.417. The number of nitrogens with zero attached hydrogens (tertiary/aromatic N) is 2. The van der Waals surface area contributed by atoms with Crippen LogP contribution in [0.1, 0.15) is 32.3 Å². The molecule has 2 aromatic carbocycles. The van der Waals surface area contributed by atoms with Crippen LogP contribution in [0.25, 0.3) is 0 Å². The van der Waals surface area contributed by atoms with Crippen LogP contribution in [0.2, 0.25) is 10.0 Å². The minimum atomic E-state index is -3.85. The third kappa shape index (κ3) is 8.18. The van der Waals surface area contributed by atoms with Crippen molar-refractivity contribution in [2.45, 2.75) is 39.2 Å². The van der Waals surface area contributed by atoms with Gasteiger partial charge in [-0.2, -0.15) is 0 Å². The molecule has 2 amide bonds. The van der Waals surface area contributed by atoms with E-state index < -0.39 is 28.5 Å². The summed E-state index contributed by atoms with van der Waals surface area (Å²) in [5, 5.41) is 3.34. The van der Waals surface area contributed by atoms with Crippen molar-refractivity contribution in [2.24, 2.45) is 0 Å². The molecular weight excluding hydrogens is 497 g/mol. The zero-order valence-corrected chi connectivity index (χ0v) is 22.0. The molecule has 0 unspecified atom stereocenters. The van der Waals surface area contributed by atoms with Gasteiger partial charge in [0.2, 0.25) is 21.8 Å². The first kappa shape index (κ1) is 28.0. The van der Waals surface area contributed by atoms with Crippen molar-refractivity contribution in [1.29, 1.82) is 0 Å². The van der Waals surface area contributed by atoms with E-state index in [-0.39, 0.29) is 28.2 Å². The van der Waals surface area contributed by atoms with Crippen LogP contribution in [0.3, 0.4) is 0 Å². The molecule has 0 aliphatic heterocycles. The molecule has 2 aromatic rings. The number of benzene rings is 2. The Morgan fingerprint density at radius 1 is 1.03 bits per heavy atom. The second-order valence-corrected chi connectivity index (χ2v) is 10.7. The molecule has 7 nitrogen and oxygen atoms in total. The van der Waals surface area contributed by atoms with Gasteiger partial charge in [-0.05, 0) is 43.0 Å². The second kappa shape index (κ2) is 13.0. The van der Waals surface area contributed by atoms with Gasteiger partial charge in [-0.25, -0.2) is 8.42 Å². The molecule has 0 saturated carbocycles. The Morgan fingerprint density at radius 2 is 1.65 bits per heavy atom. The molecule has 186 valence electrons. The Hall–Kier alpha value is -2.29. The van der Waals surface area contributed by atoms with Crippen molar-refractivity contribution < 1.29 is 18.0 Å². The molecule has 2 rings (SSSR count). The van der Waals surface area contributed by atoms with Crippen molar-refractivity contribution >= 4 is 50.7 Å². The highest BCUT2D eigenvalue weighted by atomic mass is 35.5. The van der Waals surface area contributed by atoms with E-state index >= 15 is 0 Å². The molecule has 0 radical (unpaired) electrons. The number of hydrogen-bond donors (Lipinski definition) is 1. The molecule has 34 heavy (non-hydrogen) atoms. The van der Waals surface area contributed by atoms with Gasteiger partial charge >= 0.3 is 0 Å². The van der Waals surface area contributed by atoms with Crippen molar-refractivity contribution in [2.75, 3.05) is 30.2 Å². The van der Waals surface area contributed by atoms with Crippen LogP contribution in [0.15, 0.2) is 48.5 Å². The van der Waals surface area contributed by atoms with Crippen LogP contribution in [0, 0.1) is 0 Å². The summed E-state index contributed by atoms with van der Waals surface area (Å²) >= 11 is 12.1. The van der Waals surface area contributed by atoms with E-state index in [1.54, 1.807) is 0 Å². The highest BCUT2D eigenvalue weighted by Crippen LogP contribution is 2.27. The van der Waals surface area contributed by atoms with Gasteiger partial charge in [0.05, 0.1) is 11.9 Å². The maximum atomic E-state index is 13.5. The molecular formula is C24H31Cl2N3O4S. The van der Waals surface area contributed by atoms with Gasteiger partial charge in [0, 0.05) is 23.1 Å². The molecule has 1 N–H and O–H groups in total. The van der Waals surface area contributed by atoms with E-state index in [4.69, 9.17) is 23.2 Å². The van der Waals surface area contributed by atoms with Gasteiger partial charge in [-0.3, -0.25) is 13.9 Å². The second-order valence-electron chi connectivity index (χ2n) is 7.94. The lowest BCUT2D eigenvalue weighted by molar-refractivity contribution is -0.139. The number of anilines is 1. The summed E-state index contributed by atoms with van der Waals surface area (Å²) in [6, 6.07) is 13.2. The first-order chi connectivity index (χ1) is 16.1. The predicted molar refractivity (Wildman–Crippen MR) is 138 cm³/mol. The monoisotopic (exact) mass is 527 g/mol. The number of hydrogen-bond acceptors (Lipinski definition) is 4. The average molecular weight is 529 g/mol. The third-order valence-corrected chi connectivity index (χ3v) is 6.81.